The summed E-state index contributed by atoms with van der Waals surface area (Å²) < 4.78 is 5.76. The highest BCUT2D eigenvalue weighted by molar-refractivity contribution is 14.0. The molecule has 1 unspecified atom stereocenters. The summed E-state index contributed by atoms with van der Waals surface area (Å²) in [4.78, 5) is 11.4. The molecule has 2 rings (SSSR count). The van der Waals surface area contributed by atoms with Gasteiger partial charge >= 0.3 is 0 Å². The minimum absolute atomic E-state index is 0. The SMILES string of the molecule is CN=C(NCC(C)N1CCN(C)CC1)N(C)CCOc1ccc(Cl)cc1.I. The number of rotatable bonds is 7. The van der Waals surface area contributed by atoms with Gasteiger partial charge in [0.25, 0.3) is 0 Å². The number of likely N-dealkylation sites (N-methyl/N-ethyl adjacent to an activating group) is 2. The second kappa shape index (κ2) is 12.6. The molecular formula is C19H33ClIN5O. The predicted molar refractivity (Wildman–Crippen MR) is 125 cm³/mol. The second-order valence-corrected chi connectivity index (χ2v) is 7.28. The summed E-state index contributed by atoms with van der Waals surface area (Å²) in [6, 6.07) is 7.92. The first-order chi connectivity index (χ1) is 12.5. The molecule has 0 saturated carbocycles. The normalized spacial score (nSPS) is 17.1. The Hall–Kier alpha value is -0.770. The number of hydrogen-bond acceptors (Lipinski definition) is 4. The maximum absolute atomic E-state index is 5.89. The molecule has 1 aromatic carbocycles. The van der Waals surface area contributed by atoms with Gasteiger partial charge in [-0.3, -0.25) is 9.89 Å². The van der Waals surface area contributed by atoms with Gasteiger partial charge in [0.1, 0.15) is 12.4 Å². The van der Waals surface area contributed by atoms with Crippen molar-refractivity contribution in [2.45, 2.75) is 13.0 Å². The Morgan fingerprint density at radius 3 is 2.48 bits per heavy atom. The molecule has 1 atom stereocenters. The largest absolute Gasteiger partial charge is 0.492 e. The van der Waals surface area contributed by atoms with E-state index in [1.807, 2.05) is 38.4 Å². The van der Waals surface area contributed by atoms with E-state index in [-0.39, 0.29) is 24.0 Å². The van der Waals surface area contributed by atoms with Gasteiger partial charge in [-0.25, -0.2) is 0 Å². The third-order valence-electron chi connectivity index (χ3n) is 4.80. The van der Waals surface area contributed by atoms with E-state index >= 15 is 0 Å². The van der Waals surface area contributed by atoms with Crippen molar-refractivity contribution in [2.75, 3.05) is 67.0 Å². The maximum atomic E-state index is 5.89. The number of guanidine groups is 1. The Kier molecular flexibility index (Phi) is 11.4. The average molecular weight is 510 g/mol. The number of benzene rings is 1. The monoisotopic (exact) mass is 509 g/mol. The lowest BCUT2D eigenvalue weighted by Gasteiger charge is -2.37. The van der Waals surface area contributed by atoms with Crippen molar-refractivity contribution in [3.05, 3.63) is 29.3 Å². The van der Waals surface area contributed by atoms with E-state index < -0.39 is 0 Å². The molecule has 1 aliphatic rings. The molecule has 1 saturated heterocycles. The number of aliphatic imine (C=N–C) groups is 1. The molecule has 154 valence electrons. The summed E-state index contributed by atoms with van der Waals surface area (Å²) in [6.07, 6.45) is 0. The molecule has 0 aromatic heterocycles. The van der Waals surface area contributed by atoms with Crippen LogP contribution in [0.15, 0.2) is 29.3 Å². The van der Waals surface area contributed by atoms with E-state index in [4.69, 9.17) is 16.3 Å². The Morgan fingerprint density at radius 1 is 1.26 bits per heavy atom. The minimum Gasteiger partial charge on any atom is -0.492 e. The first-order valence-electron chi connectivity index (χ1n) is 9.22. The van der Waals surface area contributed by atoms with Crippen LogP contribution < -0.4 is 10.1 Å². The summed E-state index contributed by atoms with van der Waals surface area (Å²) in [5, 5.41) is 4.20. The summed E-state index contributed by atoms with van der Waals surface area (Å²) in [5.41, 5.74) is 0. The number of piperazine rings is 1. The number of ether oxygens (including phenoxy) is 1. The molecule has 1 fully saturated rings. The van der Waals surface area contributed by atoms with E-state index in [2.05, 4.69) is 39.0 Å². The quantitative estimate of drug-likeness (QED) is 0.348. The lowest BCUT2D eigenvalue weighted by molar-refractivity contribution is 0.119. The number of nitrogens with zero attached hydrogens (tertiary/aromatic N) is 4. The Bertz CT molecular complexity index is 564. The van der Waals surface area contributed by atoms with Gasteiger partial charge in [0.05, 0.1) is 6.54 Å². The van der Waals surface area contributed by atoms with E-state index in [0.29, 0.717) is 17.7 Å². The van der Waals surface area contributed by atoms with Crippen LogP contribution in [-0.4, -0.2) is 93.7 Å². The molecule has 1 aromatic rings. The molecular weight excluding hydrogens is 477 g/mol. The van der Waals surface area contributed by atoms with Crippen molar-refractivity contribution < 1.29 is 4.74 Å². The molecule has 0 radical (unpaired) electrons. The molecule has 6 nitrogen and oxygen atoms in total. The van der Waals surface area contributed by atoms with Gasteiger partial charge in [-0.15, -0.1) is 24.0 Å². The fraction of sp³-hybridized carbons (Fsp3) is 0.632. The van der Waals surface area contributed by atoms with E-state index in [1.54, 1.807) is 0 Å². The van der Waals surface area contributed by atoms with Gasteiger partial charge in [0.15, 0.2) is 5.96 Å². The summed E-state index contributed by atoms with van der Waals surface area (Å²) in [5.74, 6) is 1.72. The fourth-order valence-electron chi connectivity index (χ4n) is 2.95. The van der Waals surface area contributed by atoms with Crippen LogP contribution in [0, 0.1) is 0 Å². The van der Waals surface area contributed by atoms with Crippen molar-refractivity contribution in [1.29, 1.82) is 0 Å². The molecule has 8 heteroatoms. The van der Waals surface area contributed by atoms with Crippen molar-refractivity contribution in [2.24, 2.45) is 4.99 Å². The lowest BCUT2D eigenvalue weighted by atomic mass is 10.2. The zero-order valence-electron chi connectivity index (χ0n) is 16.8. The van der Waals surface area contributed by atoms with Crippen molar-refractivity contribution in [3.63, 3.8) is 0 Å². The van der Waals surface area contributed by atoms with Crippen molar-refractivity contribution in [3.8, 4) is 5.75 Å². The minimum atomic E-state index is 0. The Morgan fingerprint density at radius 2 is 1.89 bits per heavy atom. The number of nitrogens with one attached hydrogen (secondary N) is 1. The molecule has 0 spiro atoms. The predicted octanol–water partition coefficient (Wildman–Crippen LogP) is 2.48. The topological polar surface area (TPSA) is 43.3 Å². The molecule has 1 aliphatic heterocycles. The third-order valence-corrected chi connectivity index (χ3v) is 5.05. The van der Waals surface area contributed by atoms with Crippen LogP contribution in [0.3, 0.4) is 0 Å². The van der Waals surface area contributed by atoms with E-state index in [9.17, 15) is 0 Å². The van der Waals surface area contributed by atoms with Crippen LogP contribution >= 0.6 is 35.6 Å². The smallest absolute Gasteiger partial charge is 0.193 e. The van der Waals surface area contributed by atoms with Crippen LogP contribution in [0.4, 0.5) is 0 Å². The van der Waals surface area contributed by atoms with Crippen LogP contribution in [0.25, 0.3) is 0 Å². The fourth-order valence-corrected chi connectivity index (χ4v) is 3.08. The van der Waals surface area contributed by atoms with E-state index in [0.717, 1.165) is 51.0 Å². The molecule has 0 amide bonds. The molecule has 0 bridgehead atoms. The number of halogens is 2. The molecule has 27 heavy (non-hydrogen) atoms. The van der Waals surface area contributed by atoms with Gasteiger partial charge in [0.2, 0.25) is 0 Å². The van der Waals surface area contributed by atoms with Crippen LogP contribution in [0.2, 0.25) is 5.02 Å². The maximum Gasteiger partial charge on any atom is 0.193 e. The highest BCUT2D eigenvalue weighted by atomic mass is 127. The Balaban J connectivity index is 0.00000364. The first-order valence-corrected chi connectivity index (χ1v) is 9.60. The van der Waals surface area contributed by atoms with Crippen LogP contribution in [0.1, 0.15) is 6.92 Å². The third kappa shape index (κ3) is 8.41. The summed E-state index contributed by atoms with van der Waals surface area (Å²) >= 11 is 5.89. The molecule has 1 heterocycles. The highest BCUT2D eigenvalue weighted by Crippen LogP contribution is 2.15. The molecule has 1 N–H and O–H groups in total. The van der Waals surface area contributed by atoms with Crippen LogP contribution in [0.5, 0.6) is 5.75 Å². The van der Waals surface area contributed by atoms with Gasteiger partial charge in [-0.1, -0.05) is 11.6 Å². The zero-order valence-corrected chi connectivity index (χ0v) is 19.9. The second-order valence-electron chi connectivity index (χ2n) is 6.84. The summed E-state index contributed by atoms with van der Waals surface area (Å²) in [6.45, 7) is 9.04. The zero-order chi connectivity index (χ0) is 18.9. The Labute approximate surface area is 185 Å². The van der Waals surface area contributed by atoms with Crippen molar-refractivity contribution >= 4 is 41.5 Å². The summed E-state index contributed by atoms with van der Waals surface area (Å²) in [7, 11) is 6.03. The first kappa shape index (κ1) is 24.3. The highest BCUT2D eigenvalue weighted by Gasteiger charge is 2.19. The van der Waals surface area contributed by atoms with Gasteiger partial charge in [-0.05, 0) is 38.2 Å². The van der Waals surface area contributed by atoms with Gasteiger partial charge in [-0.2, -0.15) is 0 Å². The van der Waals surface area contributed by atoms with Crippen LogP contribution in [-0.2, 0) is 0 Å². The van der Waals surface area contributed by atoms with Gasteiger partial charge in [0, 0.05) is 57.9 Å². The lowest BCUT2D eigenvalue weighted by Crippen LogP contribution is -2.52. The molecule has 0 aliphatic carbocycles. The van der Waals surface area contributed by atoms with Crippen molar-refractivity contribution in [1.82, 2.24) is 20.0 Å². The average Bonchev–Trinajstić information content (AvgIpc) is 2.64. The van der Waals surface area contributed by atoms with Gasteiger partial charge < -0.3 is 19.9 Å². The number of hydrogen-bond donors (Lipinski definition) is 1. The standard InChI is InChI=1S/C19H32ClN5O.HI/c1-16(25-11-9-23(3)10-12-25)15-22-19(21-2)24(4)13-14-26-18-7-5-17(20)6-8-18;/h5-8,16H,9-15H2,1-4H3,(H,21,22);1H. The van der Waals surface area contributed by atoms with E-state index in [1.165, 1.54) is 0 Å².